The van der Waals surface area contributed by atoms with Crippen molar-refractivity contribution >= 4 is 29.9 Å². The molecule has 6 heteroatoms. The van der Waals surface area contributed by atoms with Crippen molar-refractivity contribution in [3.63, 3.8) is 0 Å². The van der Waals surface area contributed by atoms with Gasteiger partial charge in [0.25, 0.3) is 0 Å². The van der Waals surface area contributed by atoms with Crippen molar-refractivity contribution in [2.45, 2.75) is 51.6 Å². The van der Waals surface area contributed by atoms with Crippen molar-refractivity contribution in [3.8, 4) is 0 Å². The fourth-order valence-electron chi connectivity index (χ4n) is 2.87. The topological polar surface area (TPSA) is 48.9 Å². The lowest BCUT2D eigenvalue weighted by Gasteiger charge is -2.15. The molecule has 0 aliphatic rings. The first-order valence-corrected chi connectivity index (χ1v) is 10.4. The molecule has 5 nitrogen and oxygen atoms in total. The summed E-state index contributed by atoms with van der Waals surface area (Å²) >= 11 is 0. The normalized spacial score (nSPS) is 12.5. The van der Waals surface area contributed by atoms with Crippen LogP contribution in [0, 0.1) is 0 Å². The zero-order valence-corrected chi connectivity index (χ0v) is 20.6. The number of nitrogens with zero attached hydrogens (tertiary/aromatic N) is 2. The van der Waals surface area contributed by atoms with E-state index in [1.54, 1.807) is 0 Å². The van der Waals surface area contributed by atoms with Crippen molar-refractivity contribution in [3.05, 3.63) is 35.9 Å². The highest BCUT2D eigenvalue weighted by Gasteiger charge is 2.04. The standard InChI is InChI=1S/C22H40N4O.HI/c1-20(21-14-9-8-10-15-21)27-19-13-17-25-22(23-2)24-16-11-6-5-7-12-18-26(3)4;/h8-10,14-15,20H,5-7,11-13,16-19H2,1-4H3,(H2,23,24,25);1H. The Morgan fingerprint density at radius 1 is 0.964 bits per heavy atom. The minimum atomic E-state index is 0. The number of halogens is 1. The molecule has 0 heterocycles. The van der Waals surface area contributed by atoms with Crippen LogP contribution >= 0.6 is 24.0 Å². The number of aliphatic imine (C=N–C) groups is 1. The van der Waals surface area contributed by atoms with Gasteiger partial charge in [-0.05, 0) is 52.4 Å². The van der Waals surface area contributed by atoms with Gasteiger partial charge >= 0.3 is 0 Å². The van der Waals surface area contributed by atoms with Crippen LogP contribution in [0.5, 0.6) is 0 Å². The average molecular weight is 505 g/mol. The lowest BCUT2D eigenvalue weighted by molar-refractivity contribution is 0.0646. The SMILES string of the molecule is CN=C(NCCCCCCCN(C)C)NCCCOC(C)c1ccccc1.I. The van der Waals surface area contributed by atoms with Crippen LogP contribution in [0.25, 0.3) is 0 Å². The summed E-state index contributed by atoms with van der Waals surface area (Å²) in [7, 11) is 6.10. The lowest BCUT2D eigenvalue weighted by Crippen LogP contribution is -2.38. The van der Waals surface area contributed by atoms with E-state index in [4.69, 9.17) is 4.74 Å². The molecule has 0 aliphatic carbocycles. The van der Waals surface area contributed by atoms with Gasteiger partial charge in [-0.15, -0.1) is 24.0 Å². The smallest absolute Gasteiger partial charge is 0.190 e. The summed E-state index contributed by atoms with van der Waals surface area (Å²) in [5.74, 6) is 0.888. The van der Waals surface area contributed by atoms with Crippen LogP contribution in [0.3, 0.4) is 0 Å². The summed E-state index contributed by atoms with van der Waals surface area (Å²) in [6.07, 6.45) is 7.52. The molecule has 1 rings (SSSR count). The lowest BCUT2D eigenvalue weighted by atomic mass is 10.1. The van der Waals surface area contributed by atoms with Crippen molar-refractivity contribution in [2.75, 3.05) is 47.4 Å². The van der Waals surface area contributed by atoms with Crippen molar-refractivity contribution in [1.29, 1.82) is 0 Å². The molecule has 0 aromatic heterocycles. The van der Waals surface area contributed by atoms with Gasteiger partial charge in [-0.3, -0.25) is 4.99 Å². The summed E-state index contributed by atoms with van der Waals surface area (Å²) in [6, 6.07) is 10.4. The number of benzene rings is 1. The Kier molecular flexibility index (Phi) is 17.6. The molecule has 2 N–H and O–H groups in total. The van der Waals surface area contributed by atoms with E-state index in [1.165, 1.54) is 44.2 Å². The van der Waals surface area contributed by atoms with Gasteiger partial charge in [-0.1, -0.05) is 49.6 Å². The number of hydrogen-bond acceptors (Lipinski definition) is 3. The molecule has 0 amide bonds. The third-order valence-electron chi connectivity index (χ3n) is 4.55. The van der Waals surface area contributed by atoms with E-state index in [0.29, 0.717) is 0 Å². The highest BCUT2D eigenvalue weighted by atomic mass is 127. The highest BCUT2D eigenvalue weighted by molar-refractivity contribution is 14.0. The molecule has 0 fully saturated rings. The molecule has 162 valence electrons. The molecule has 0 saturated carbocycles. The maximum atomic E-state index is 5.90. The highest BCUT2D eigenvalue weighted by Crippen LogP contribution is 2.15. The van der Waals surface area contributed by atoms with Gasteiger partial charge < -0.3 is 20.3 Å². The second-order valence-corrected chi connectivity index (χ2v) is 7.27. The molecule has 0 aliphatic heterocycles. The van der Waals surface area contributed by atoms with Crippen LogP contribution < -0.4 is 10.6 Å². The summed E-state index contributed by atoms with van der Waals surface area (Å²) in [5.41, 5.74) is 1.23. The fraction of sp³-hybridized carbons (Fsp3) is 0.682. The summed E-state index contributed by atoms with van der Waals surface area (Å²) in [6.45, 7) is 5.89. The Morgan fingerprint density at radius 2 is 1.57 bits per heavy atom. The fourth-order valence-corrected chi connectivity index (χ4v) is 2.87. The van der Waals surface area contributed by atoms with Crippen molar-refractivity contribution in [2.24, 2.45) is 4.99 Å². The molecule has 1 aromatic carbocycles. The van der Waals surface area contributed by atoms with Crippen molar-refractivity contribution in [1.82, 2.24) is 15.5 Å². The second kappa shape index (κ2) is 18.2. The van der Waals surface area contributed by atoms with Gasteiger partial charge in [-0.25, -0.2) is 0 Å². The molecular weight excluding hydrogens is 463 g/mol. The number of nitrogens with one attached hydrogen (secondary N) is 2. The van der Waals surface area contributed by atoms with Gasteiger partial charge in [0.15, 0.2) is 5.96 Å². The van der Waals surface area contributed by atoms with Crippen LogP contribution in [-0.4, -0.2) is 58.2 Å². The predicted molar refractivity (Wildman–Crippen MR) is 132 cm³/mol. The Hall–Kier alpha value is -0.860. The van der Waals surface area contributed by atoms with Crippen molar-refractivity contribution < 1.29 is 4.74 Å². The number of unbranched alkanes of at least 4 members (excludes halogenated alkanes) is 4. The van der Waals surface area contributed by atoms with Crippen LogP contribution in [0.4, 0.5) is 0 Å². The summed E-state index contributed by atoms with van der Waals surface area (Å²) in [4.78, 5) is 6.54. The first-order chi connectivity index (χ1) is 13.1. The summed E-state index contributed by atoms with van der Waals surface area (Å²) < 4.78 is 5.90. The molecule has 28 heavy (non-hydrogen) atoms. The number of guanidine groups is 1. The predicted octanol–water partition coefficient (Wildman–Crippen LogP) is 4.45. The van der Waals surface area contributed by atoms with Crippen LogP contribution in [0.2, 0.25) is 0 Å². The van der Waals surface area contributed by atoms with Gasteiger partial charge in [-0.2, -0.15) is 0 Å². The van der Waals surface area contributed by atoms with E-state index in [0.717, 1.165) is 32.1 Å². The van der Waals surface area contributed by atoms with Gasteiger partial charge in [0.2, 0.25) is 0 Å². The summed E-state index contributed by atoms with van der Waals surface area (Å²) in [5, 5.41) is 6.75. The molecular formula is C22H41IN4O. The molecule has 0 saturated heterocycles. The minimum Gasteiger partial charge on any atom is -0.374 e. The monoisotopic (exact) mass is 504 g/mol. The van der Waals surface area contributed by atoms with Gasteiger partial charge in [0.1, 0.15) is 0 Å². The molecule has 0 bridgehead atoms. The maximum Gasteiger partial charge on any atom is 0.190 e. The van der Waals surface area contributed by atoms with E-state index in [2.05, 4.69) is 65.8 Å². The average Bonchev–Trinajstić information content (AvgIpc) is 2.68. The van der Waals surface area contributed by atoms with Gasteiger partial charge in [0.05, 0.1) is 6.10 Å². The zero-order chi connectivity index (χ0) is 19.7. The Balaban J connectivity index is 0.00000729. The van der Waals surface area contributed by atoms with E-state index < -0.39 is 0 Å². The molecule has 1 atom stereocenters. The molecule has 1 aromatic rings. The molecule has 0 radical (unpaired) electrons. The number of ether oxygens (including phenoxy) is 1. The number of rotatable bonds is 14. The zero-order valence-electron chi connectivity index (χ0n) is 18.2. The first-order valence-electron chi connectivity index (χ1n) is 10.4. The van der Waals surface area contributed by atoms with Crippen LogP contribution in [-0.2, 0) is 4.74 Å². The van der Waals surface area contributed by atoms with E-state index in [1.807, 2.05) is 13.1 Å². The Morgan fingerprint density at radius 3 is 2.21 bits per heavy atom. The van der Waals surface area contributed by atoms with Gasteiger partial charge in [0, 0.05) is 26.7 Å². The van der Waals surface area contributed by atoms with Crippen LogP contribution in [0.15, 0.2) is 35.3 Å². The first kappa shape index (κ1) is 27.1. The third-order valence-corrected chi connectivity index (χ3v) is 4.55. The van der Waals surface area contributed by atoms with E-state index in [-0.39, 0.29) is 30.1 Å². The Labute approximate surface area is 189 Å². The molecule has 1 unspecified atom stereocenters. The minimum absolute atomic E-state index is 0. The van der Waals surface area contributed by atoms with E-state index >= 15 is 0 Å². The third kappa shape index (κ3) is 14.2. The second-order valence-electron chi connectivity index (χ2n) is 7.27. The quantitative estimate of drug-likeness (QED) is 0.170. The maximum absolute atomic E-state index is 5.90. The van der Waals surface area contributed by atoms with E-state index in [9.17, 15) is 0 Å². The number of hydrogen-bond donors (Lipinski definition) is 2. The van der Waals surface area contributed by atoms with Crippen LogP contribution in [0.1, 0.15) is 57.1 Å². The largest absolute Gasteiger partial charge is 0.374 e. The Bertz CT molecular complexity index is 497. The molecule has 0 spiro atoms.